The molecular formula is C17H13N3O. The van der Waals surface area contributed by atoms with Crippen LogP contribution >= 0.6 is 0 Å². The summed E-state index contributed by atoms with van der Waals surface area (Å²) in [4.78, 5) is 15.8. The summed E-state index contributed by atoms with van der Waals surface area (Å²) in [5, 5.41) is 9.73. The van der Waals surface area contributed by atoms with E-state index in [1.807, 2.05) is 13.0 Å². The highest BCUT2D eigenvalue weighted by atomic mass is 16.1. The Kier molecular flexibility index (Phi) is 2.96. The van der Waals surface area contributed by atoms with Gasteiger partial charge in [0.05, 0.1) is 11.6 Å². The fraction of sp³-hybridized carbons (Fsp3) is 0.0588. The van der Waals surface area contributed by atoms with Crippen LogP contribution in [0, 0.1) is 18.3 Å². The maximum atomic E-state index is 12.7. The van der Waals surface area contributed by atoms with Crippen LogP contribution in [-0.4, -0.2) is 10.8 Å². The van der Waals surface area contributed by atoms with Gasteiger partial charge >= 0.3 is 0 Å². The molecule has 0 aliphatic heterocycles. The molecule has 0 bridgehead atoms. The molecule has 0 spiro atoms. The van der Waals surface area contributed by atoms with Gasteiger partial charge in [-0.25, -0.2) is 0 Å². The first kappa shape index (κ1) is 12.9. The van der Waals surface area contributed by atoms with Crippen LogP contribution in [0.5, 0.6) is 0 Å². The zero-order chi connectivity index (χ0) is 15.0. The maximum absolute atomic E-state index is 12.7. The number of rotatable bonds is 2. The lowest BCUT2D eigenvalue weighted by Crippen LogP contribution is -2.05. The van der Waals surface area contributed by atoms with Gasteiger partial charge in [0.25, 0.3) is 0 Å². The Morgan fingerprint density at radius 1 is 1.19 bits per heavy atom. The number of hydrogen-bond donors (Lipinski definition) is 2. The van der Waals surface area contributed by atoms with E-state index in [0.717, 1.165) is 16.5 Å². The van der Waals surface area contributed by atoms with Gasteiger partial charge in [0.15, 0.2) is 5.78 Å². The van der Waals surface area contributed by atoms with Gasteiger partial charge < -0.3 is 10.7 Å². The second kappa shape index (κ2) is 4.80. The number of H-pyrrole nitrogens is 1. The van der Waals surface area contributed by atoms with Gasteiger partial charge in [-0.2, -0.15) is 5.26 Å². The Morgan fingerprint density at radius 2 is 2.00 bits per heavy atom. The van der Waals surface area contributed by atoms with E-state index < -0.39 is 0 Å². The zero-order valence-corrected chi connectivity index (χ0v) is 11.5. The largest absolute Gasteiger partial charge is 0.398 e. The summed E-state index contributed by atoms with van der Waals surface area (Å²) in [5.74, 6) is -0.141. The standard InChI is InChI=1S/C17H13N3O/c1-10-2-4-15(19)13(6-10)17(21)14-9-20-16-5-3-11(8-18)7-12(14)16/h2-7,9,20H,19H2,1H3. The molecule has 21 heavy (non-hydrogen) atoms. The van der Waals surface area contributed by atoms with E-state index >= 15 is 0 Å². The van der Waals surface area contributed by atoms with Gasteiger partial charge in [0.1, 0.15) is 0 Å². The number of aromatic nitrogens is 1. The fourth-order valence-electron chi connectivity index (χ4n) is 2.39. The van der Waals surface area contributed by atoms with Crippen LogP contribution < -0.4 is 5.73 Å². The normalized spacial score (nSPS) is 10.5. The number of fused-ring (bicyclic) bond motifs is 1. The lowest BCUT2D eigenvalue weighted by molar-refractivity contribution is 0.104. The molecule has 1 heterocycles. The van der Waals surface area contributed by atoms with E-state index in [4.69, 9.17) is 11.0 Å². The van der Waals surface area contributed by atoms with Gasteiger partial charge in [-0.1, -0.05) is 11.6 Å². The summed E-state index contributed by atoms with van der Waals surface area (Å²) in [5.41, 5.74) is 9.70. The molecule has 0 radical (unpaired) electrons. The Labute approximate surface area is 121 Å². The van der Waals surface area contributed by atoms with Gasteiger partial charge in [-0.05, 0) is 37.3 Å². The minimum absolute atomic E-state index is 0.141. The molecule has 0 atom stereocenters. The third kappa shape index (κ3) is 2.15. The molecule has 0 unspecified atom stereocenters. The number of hydrogen-bond acceptors (Lipinski definition) is 3. The number of anilines is 1. The highest BCUT2D eigenvalue weighted by Crippen LogP contribution is 2.25. The molecule has 2 aromatic carbocycles. The molecule has 4 nitrogen and oxygen atoms in total. The minimum atomic E-state index is -0.141. The lowest BCUT2D eigenvalue weighted by atomic mass is 9.99. The number of nitrogens with two attached hydrogens (primary N) is 1. The minimum Gasteiger partial charge on any atom is -0.398 e. The Bertz CT molecular complexity index is 900. The van der Waals surface area contributed by atoms with Crippen LogP contribution in [0.25, 0.3) is 10.9 Å². The first-order chi connectivity index (χ1) is 10.1. The van der Waals surface area contributed by atoms with Gasteiger partial charge in [-0.15, -0.1) is 0 Å². The summed E-state index contributed by atoms with van der Waals surface area (Å²) in [6, 6.07) is 12.7. The molecule has 3 aromatic rings. The maximum Gasteiger partial charge on any atom is 0.197 e. The number of ketones is 1. The number of aromatic amines is 1. The first-order valence-corrected chi connectivity index (χ1v) is 6.52. The molecule has 0 saturated carbocycles. The van der Waals surface area contributed by atoms with E-state index in [1.54, 1.807) is 36.5 Å². The Morgan fingerprint density at radius 3 is 2.76 bits per heavy atom. The molecular weight excluding hydrogens is 262 g/mol. The van der Waals surface area contributed by atoms with Crippen molar-refractivity contribution in [2.45, 2.75) is 6.92 Å². The zero-order valence-electron chi connectivity index (χ0n) is 11.5. The molecule has 0 aliphatic rings. The van der Waals surface area contributed by atoms with Crippen molar-refractivity contribution in [2.24, 2.45) is 0 Å². The van der Waals surface area contributed by atoms with Crippen molar-refractivity contribution in [3.8, 4) is 6.07 Å². The molecule has 3 rings (SSSR count). The summed E-state index contributed by atoms with van der Waals surface area (Å²) in [6.45, 7) is 1.92. The Balaban J connectivity index is 2.18. The molecule has 3 N–H and O–H groups in total. The SMILES string of the molecule is Cc1ccc(N)c(C(=O)c2c[nH]c3ccc(C#N)cc23)c1. The van der Waals surface area contributed by atoms with E-state index in [9.17, 15) is 4.79 Å². The van der Waals surface area contributed by atoms with Crippen LogP contribution in [0.4, 0.5) is 5.69 Å². The number of nitrogens with zero attached hydrogens (tertiary/aromatic N) is 1. The van der Waals surface area contributed by atoms with Crippen molar-refractivity contribution < 1.29 is 4.79 Å². The smallest absolute Gasteiger partial charge is 0.197 e. The molecule has 0 aliphatic carbocycles. The topological polar surface area (TPSA) is 82.7 Å². The molecule has 1 aromatic heterocycles. The van der Waals surface area contributed by atoms with Crippen LogP contribution in [-0.2, 0) is 0 Å². The molecule has 0 amide bonds. The third-order valence-electron chi connectivity index (χ3n) is 3.51. The third-order valence-corrected chi connectivity index (χ3v) is 3.51. The quantitative estimate of drug-likeness (QED) is 0.556. The van der Waals surface area contributed by atoms with Crippen molar-refractivity contribution in [3.05, 3.63) is 64.8 Å². The highest BCUT2D eigenvalue weighted by molar-refractivity contribution is 6.18. The average molecular weight is 275 g/mol. The Hall–Kier alpha value is -3.06. The predicted octanol–water partition coefficient (Wildman–Crippen LogP) is 3.16. The molecule has 0 fully saturated rings. The van der Waals surface area contributed by atoms with Gasteiger partial charge in [0, 0.05) is 33.9 Å². The number of carbonyl (C=O) groups is 1. The summed E-state index contributed by atoms with van der Waals surface area (Å²) < 4.78 is 0. The van der Waals surface area contributed by atoms with Crippen molar-refractivity contribution in [2.75, 3.05) is 5.73 Å². The van der Waals surface area contributed by atoms with Crippen LogP contribution in [0.3, 0.4) is 0 Å². The lowest BCUT2D eigenvalue weighted by Gasteiger charge is -2.05. The monoisotopic (exact) mass is 275 g/mol. The highest BCUT2D eigenvalue weighted by Gasteiger charge is 2.17. The van der Waals surface area contributed by atoms with Crippen LogP contribution in [0.15, 0.2) is 42.6 Å². The van der Waals surface area contributed by atoms with Crippen LogP contribution in [0.2, 0.25) is 0 Å². The molecule has 0 saturated heterocycles. The fourth-order valence-corrected chi connectivity index (χ4v) is 2.39. The number of nitriles is 1. The summed E-state index contributed by atoms with van der Waals surface area (Å²) in [7, 11) is 0. The second-order valence-corrected chi connectivity index (χ2v) is 4.99. The van der Waals surface area contributed by atoms with Crippen LogP contribution in [0.1, 0.15) is 27.0 Å². The van der Waals surface area contributed by atoms with E-state index in [2.05, 4.69) is 11.1 Å². The average Bonchev–Trinajstić information content (AvgIpc) is 2.91. The van der Waals surface area contributed by atoms with E-state index in [-0.39, 0.29) is 5.78 Å². The van der Waals surface area contributed by atoms with Crippen molar-refractivity contribution in [1.82, 2.24) is 4.98 Å². The number of benzene rings is 2. The van der Waals surface area contributed by atoms with Crippen molar-refractivity contribution >= 4 is 22.4 Å². The van der Waals surface area contributed by atoms with Gasteiger partial charge in [0.2, 0.25) is 0 Å². The molecule has 4 heteroatoms. The predicted molar refractivity (Wildman–Crippen MR) is 82.0 cm³/mol. The van der Waals surface area contributed by atoms with E-state index in [1.165, 1.54) is 0 Å². The number of nitrogen functional groups attached to an aromatic ring is 1. The number of carbonyl (C=O) groups excluding carboxylic acids is 1. The number of aryl methyl sites for hydroxylation is 1. The van der Waals surface area contributed by atoms with Crippen molar-refractivity contribution in [3.63, 3.8) is 0 Å². The first-order valence-electron chi connectivity index (χ1n) is 6.52. The second-order valence-electron chi connectivity index (χ2n) is 4.99. The summed E-state index contributed by atoms with van der Waals surface area (Å²) in [6.07, 6.45) is 1.66. The number of nitrogens with one attached hydrogen (secondary N) is 1. The van der Waals surface area contributed by atoms with Crippen molar-refractivity contribution in [1.29, 1.82) is 5.26 Å². The molecule has 102 valence electrons. The van der Waals surface area contributed by atoms with Gasteiger partial charge in [-0.3, -0.25) is 4.79 Å². The van der Waals surface area contributed by atoms with E-state index in [0.29, 0.717) is 22.4 Å². The summed E-state index contributed by atoms with van der Waals surface area (Å²) >= 11 is 0.